The molecule has 0 heterocycles. The standard InChI is InChI=1S/BH3O3.Ba.Eu.K.3H/c2-1(3)4;;;;;;/h2-4H;;;;;;/q;+2;;+1;3*-1. The van der Waals surface area contributed by atoms with E-state index in [1.165, 1.54) is 0 Å². The second-order valence-electron chi connectivity index (χ2n) is 0.346. The minimum atomic E-state index is -2.17. The van der Waals surface area contributed by atoms with E-state index in [4.69, 9.17) is 15.1 Å². The smallest absolute Gasteiger partial charge is 1.00 e. The molecule has 0 aromatic carbocycles. The maximum atomic E-state index is 7.17. The minimum absolute atomic E-state index is 0. The number of hydrogen-bond donors (Lipinski definition) is 3. The third-order valence-electron chi connectivity index (χ3n) is 0. The van der Waals surface area contributed by atoms with Gasteiger partial charge in [0.25, 0.3) is 0 Å². The molecule has 0 aromatic heterocycles. The van der Waals surface area contributed by atoms with E-state index in [1.54, 1.807) is 0 Å². The molecule has 7 heavy (non-hydrogen) atoms. The Kier molecular flexibility index (Phi) is 54.9. The van der Waals surface area contributed by atoms with Gasteiger partial charge < -0.3 is 19.4 Å². The molecule has 0 saturated heterocycles. The molecule has 0 aliphatic carbocycles. The first-order valence-corrected chi connectivity index (χ1v) is 0.775. The van der Waals surface area contributed by atoms with Gasteiger partial charge in [0, 0.05) is 49.4 Å². The van der Waals surface area contributed by atoms with E-state index >= 15 is 0 Å². The molecule has 0 fully saturated rings. The largest absolute Gasteiger partial charge is 2.00 e. The van der Waals surface area contributed by atoms with Gasteiger partial charge in [0.2, 0.25) is 0 Å². The zero-order valence-corrected chi connectivity index (χ0v) is 14.0. The van der Waals surface area contributed by atoms with Crippen LogP contribution in [-0.2, 0) is 0 Å². The summed E-state index contributed by atoms with van der Waals surface area (Å²) < 4.78 is 0. The number of hydrogen-bond acceptors (Lipinski definition) is 3. The molecule has 0 saturated carbocycles. The van der Waals surface area contributed by atoms with Gasteiger partial charge in [-0.3, -0.25) is 0 Å². The molecule has 7 heteroatoms. The third-order valence-corrected chi connectivity index (χ3v) is 0. The van der Waals surface area contributed by atoms with Crippen LogP contribution >= 0.6 is 0 Å². The summed E-state index contributed by atoms with van der Waals surface area (Å²) in [5.41, 5.74) is 0. The molecule has 0 amide bonds. The summed E-state index contributed by atoms with van der Waals surface area (Å²) in [4.78, 5) is 0. The molecule has 1 radical (unpaired) electrons. The van der Waals surface area contributed by atoms with Gasteiger partial charge in [0.15, 0.2) is 0 Å². The van der Waals surface area contributed by atoms with E-state index in [2.05, 4.69) is 0 Å². The molecule has 0 spiro atoms. The van der Waals surface area contributed by atoms with Crippen LogP contribution in [0.4, 0.5) is 0 Å². The molecule has 0 aliphatic rings. The summed E-state index contributed by atoms with van der Waals surface area (Å²) >= 11 is 0. The van der Waals surface area contributed by atoms with E-state index in [0.29, 0.717) is 0 Å². The van der Waals surface area contributed by atoms with Crippen LogP contribution in [0.2, 0.25) is 0 Å². The van der Waals surface area contributed by atoms with E-state index in [-0.39, 0.29) is 154 Å². The Morgan fingerprint density at radius 2 is 1.14 bits per heavy atom. The summed E-state index contributed by atoms with van der Waals surface area (Å²) in [5, 5.41) is 21.5. The molecule has 3 nitrogen and oxygen atoms in total. The van der Waals surface area contributed by atoms with Crippen LogP contribution in [0.3, 0.4) is 0 Å². The van der Waals surface area contributed by atoms with E-state index in [1.807, 2.05) is 0 Å². The molecule has 3 N–H and O–H groups in total. The Labute approximate surface area is 171 Å². The third kappa shape index (κ3) is 36.5. The monoisotopic (exact) mass is 395 g/mol. The molecular weight excluding hydrogens is 387 g/mol. The quantitative estimate of drug-likeness (QED) is 0.361. The van der Waals surface area contributed by atoms with Crippen molar-refractivity contribution in [2.24, 2.45) is 0 Å². The van der Waals surface area contributed by atoms with Crippen LogP contribution in [0.15, 0.2) is 0 Å². The second-order valence-corrected chi connectivity index (χ2v) is 0.346. The average Bonchev–Trinajstić information content (AvgIpc) is 0.811. The van der Waals surface area contributed by atoms with Crippen LogP contribution < -0.4 is 51.4 Å². The van der Waals surface area contributed by atoms with Crippen LogP contribution in [-0.4, -0.2) is 71.3 Å². The predicted octanol–water partition coefficient (Wildman–Crippen LogP) is -5.09. The van der Waals surface area contributed by atoms with Crippen molar-refractivity contribution >= 4 is 56.2 Å². The first-order valence-electron chi connectivity index (χ1n) is 0.775. The summed E-state index contributed by atoms with van der Waals surface area (Å²) in [6, 6.07) is 0. The van der Waals surface area contributed by atoms with Gasteiger partial charge in [-0.2, -0.15) is 0 Å². The number of rotatable bonds is 0. The topological polar surface area (TPSA) is 60.7 Å². The van der Waals surface area contributed by atoms with Gasteiger partial charge in [-0.1, -0.05) is 0 Å². The Balaban J connectivity index is -0.00000000300. The maximum absolute atomic E-state index is 7.17. The SMILES string of the molecule is OB(O)O.[Ba+2].[Eu].[H-].[H-].[H-].[K+]. The molecule has 0 unspecified atom stereocenters. The fourth-order valence-electron chi connectivity index (χ4n) is 0. The van der Waals surface area contributed by atoms with E-state index in [9.17, 15) is 0 Å². The molecule has 0 bridgehead atoms. The molecule has 0 aliphatic heterocycles. The van der Waals surface area contributed by atoms with Crippen LogP contribution in [0.1, 0.15) is 4.28 Å². The molecule has 37 valence electrons. The van der Waals surface area contributed by atoms with Gasteiger partial charge >= 0.3 is 108 Å². The Bertz CT molecular complexity index is 28.5. The van der Waals surface area contributed by atoms with Crippen LogP contribution in [0, 0.1) is 49.4 Å². The Morgan fingerprint density at radius 1 is 1.14 bits per heavy atom. The maximum Gasteiger partial charge on any atom is 2.00 e. The van der Waals surface area contributed by atoms with Crippen molar-refractivity contribution in [1.29, 1.82) is 0 Å². The van der Waals surface area contributed by atoms with Crippen molar-refractivity contribution in [2.45, 2.75) is 0 Å². The van der Waals surface area contributed by atoms with Crippen LogP contribution in [0.25, 0.3) is 0 Å². The Hall–Kier alpha value is 4.74. The van der Waals surface area contributed by atoms with Gasteiger partial charge in [0.05, 0.1) is 0 Å². The normalized spacial score (nSPS) is 3.86. The minimum Gasteiger partial charge on any atom is -1.00 e. The van der Waals surface area contributed by atoms with Crippen molar-refractivity contribution in [3.05, 3.63) is 0 Å². The predicted molar refractivity (Wildman–Crippen MR) is 21.5 cm³/mol. The zero-order chi connectivity index (χ0) is 3.58. The summed E-state index contributed by atoms with van der Waals surface area (Å²) in [7, 11) is -2.17. The van der Waals surface area contributed by atoms with Gasteiger partial charge in [-0.25, -0.2) is 0 Å². The molecular formula is H6BBaEuKO3. The van der Waals surface area contributed by atoms with Crippen molar-refractivity contribution in [1.82, 2.24) is 0 Å². The van der Waals surface area contributed by atoms with Crippen molar-refractivity contribution in [3.8, 4) is 0 Å². The van der Waals surface area contributed by atoms with Gasteiger partial charge in [0.1, 0.15) is 0 Å². The average molecular weight is 393 g/mol. The molecule has 0 atom stereocenters. The summed E-state index contributed by atoms with van der Waals surface area (Å²) in [6.45, 7) is 0. The first-order chi connectivity index (χ1) is 1.73. The fourth-order valence-corrected chi connectivity index (χ4v) is 0. The van der Waals surface area contributed by atoms with Gasteiger partial charge in [-0.15, -0.1) is 0 Å². The fraction of sp³-hybridized carbons (Fsp3) is 0. The van der Waals surface area contributed by atoms with E-state index in [0.717, 1.165) is 0 Å². The van der Waals surface area contributed by atoms with Crippen LogP contribution in [0.5, 0.6) is 0 Å². The zero-order valence-electron chi connectivity index (χ0n) is 7.00. The van der Waals surface area contributed by atoms with Gasteiger partial charge in [-0.05, 0) is 0 Å². The van der Waals surface area contributed by atoms with Crippen molar-refractivity contribution in [3.63, 3.8) is 0 Å². The second kappa shape index (κ2) is 17.0. The molecule has 0 rings (SSSR count). The van der Waals surface area contributed by atoms with E-state index < -0.39 is 7.32 Å². The Morgan fingerprint density at radius 3 is 1.14 bits per heavy atom. The van der Waals surface area contributed by atoms with Crippen molar-refractivity contribution < 1.29 is 120 Å². The van der Waals surface area contributed by atoms with Crippen molar-refractivity contribution in [2.75, 3.05) is 0 Å². The molecule has 0 aromatic rings. The first kappa shape index (κ1) is 22.6. The summed E-state index contributed by atoms with van der Waals surface area (Å²) in [5.74, 6) is 0. The summed E-state index contributed by atoms with van der Waals surface area (Å²) in [6.07, 6.45) is 0.